The highest BCUT2D eigenvalue weighted by molar-refractivity contribution is 5.94. The number of methoxy groups -OCH3 is 1. The van der Waals surface area contributed by atoms with E-state index >= 15 is 0 Å². The minimum Gasteiger partial charge on any atom is -0.494 e. The molecule has 0 saturated heterocycles. The largest absolute Gasteiger partial charge is 0.494 e. The van der Waals surface area contributed by atoms with Crippen LogP contribution < -0.4 is 4.74 Å². The van der Waals surface area contributed by atoms with Crippen LogP contribution in [0.2, 0.25) is 0 Å². The summed E-state index contributed by atoms with van der Waals surface area (Å²) < 4.78 is 47.5. The lowest BCUT2D eigenvalue weighted by Gasteiger charge is -2.15. The molecule has 0 aliphatic rings. The molecular formula is C19H13F3N2O. The second-order valence-electron chi connectivity index (χ2n) is 5.59. The SMILES string of the molecule is COc1cccc2nc(C(F)(F)F)n(-c3cccc4ccccc34)c12. The fourth-order valence-electron chi connectivity index (χ4n) is 3.09. The van der Waals surface area contributed by atoms with Gasteiger partial charge < -0.3 is 4.74 Å². The van der Waals surface area contributed by atoms with Crippen molar-refractivity contribution < 1.29 is 17.9 Å². The summed E-state index contributed by atoms with van der Waals surface area (Å²) in [5.41, 5.74) is 0.950. The molecule has 4 aromatic rings. The molecule has 0 aliphatic carbocycles. The third kappa shape index (κ3) is 2.41. The van der Waals surface area contributed by atoms with Gasteiger partial charge in [0.25, 0.3) is 0 Å². The van der Waals surface area contributed by atoms with E-state index in [-0.39, 0.29) is 5.52 Å². The van der Waals surface area contributed by atoms with Crippen LogP contribution >= 0.6 is 0 Å². The number of rotatable bonds is 2. The Hall–Kier alpha value is -3.02. The van der Waals surface area contributed by atoms with Crippen LogP contribution in [0.25, 0.3) is 27.5 Å². The van der Waals surface area contributed by atoms with Gasteiger partial charge in [0.2, 0.25) is 5.82 Å². The third-order valence-corrected chi connectivity index (χ3v) is 4.12. The van der Waals surface area contributed by atoms with Gasteiger partial charge in [-0.3, -0.25) is 4.57 Å². The maximum atomic E-state index is 13.7. The van der Waals surface area contributed by atoms with Crippen LogP contribution in [0.1, 0.15) is 5.82 Å². The number of nitrogens with zero attached hydrogens (tertiary/aromatic N) is 2. The molecule has 0 N–H and O–H groups in total. The van der Waals surface area contributed by atoms with Gasteiger partial charge in [0.15, 0.2) is 0 Å². The summed E-state index contributed by atoms with van der Waals surface area (Å²) in [4.78, 5) is 3.83. The minimum atomic E-state index is -4.60. The van der Waals surface area contributed by atoms with Gasteiger partial charge in [-0.05, 0) is 23.6 Å². The molecule has 0 radical (unpaired) electrons. The van der Waals surface area contributed by atoms with Crippen LogP contribution in [-0.4, -0.2) is 16.7 Å². The number of benzene rings is 3. The van der Waals surface area contributed by atoms with E-state index in [1.807, 2.05) is 18.2 Å². The zero-order chi connectivity index (χ0) is 17.6. The Morgan fingerprint density at radius 1 is 0.920 bits per heavy atom. The molecule has 126 valence electrons. The molecular weight excluding hydrogens is 329 g/mol. The molecule has 0 unspecified atom stereocenters. The number of aromatic nitrogens is 2. The smallest absolute Gasteiger partial charge is 0.450 e. The predicted octanol–water partition coefficient (Wildman–Crippen LogP) is 5.21. The maximum absolute atomic E-state index is 13.7. The van der Waals surface area contributed by atoms with Gasteiger partial charge in [0.05, 0.1) is 18.3 Å². The lowest BCUT2D eigenvalue weighted by atomic mass is 10.1. The fourth-order valence-corrected chi connectivity index (χ4v) is 3.09. The van der Waals surface area contributed by atoms with Gasteiger partial charge in [-0.1, -0.05) is 42.5 Å². The second kappa shape index (κ2) is 5.51. The lowest BCUT2D eigenvalue weighted by Crippen LogP contribution is -2.14. The van der Waals surface area contributed by atoms with Crippen molar-refractivity contribution in [3.8, 4) is 11.4 Å². The van der Waals surface area contributed by atoms with Crippen LogP contribution in [0.15, 0.2) is 60.7 Å². The molecule has 0 fully saturated rings. The number of hydrogen-bond donors (Lipinski definition) is 0. The lowest BCUT2D eigenvalue weighted by molar-refractivity contribution is -0.145. The Morgan fingerprint density at radius 2 is 1.64 bits per heavy atom. The Balaban J connectivity index is 2.19. The minimum absolute atomic E-state index is 0.236. The maximum Gasteiger partial charge on any atom is 0.450 e. The van der Waals surface area contributed by atoms with Crippen LogP contribution in [0.4, 0.5) is 13.2 Å². The highest BCUT2D eigenvalue weighted by Crippen LogP contribution is 2.38. The highest BCUT2D eigenvalue weighted by atomic mass is 19.4. The summed E-state index contributed by atoms with van der Waals surface area (Å²) in [5.74, 6) is -0.628. The predicted molar refractivity (Wildman–Crippen MR) is 90.1 cm³/mol. The Labute approximate surface area is 141 Å². The molecule has 6 heteroatoms. The Kier molecular flexibility index (Phi) is 3.42. The molecule has 25 heavy (non-hydrogen) atoms. The number of hydrogen-bond acceptors (Lipinski definition) is 2. The zero-order valence-corrected chi connectivity index (χ0v) is 13.2. The summed E-state index contributed by atoms with van der Waals surface area (Å²) in [6, 6.07) is 17.4. The number of ether oxygens (including phenoxy) is 1. The van der Waals surface area contributed by atoms with Crippen molar-refractivity contribution in [2.75, 3.05) is 7.11 Å². The van der Waals surface area contributed by atoms with Crippen molar-refractivity contribution in [3.63, 3.8) is 0 Å². The van der Waals surface area contributed by atoms with Crippen molar-refractivity contribution in [2.45, 2.75) is 6.18 Å². The van der Waals surface area contributed by atoms with Crippen molar-refractivity contribution >= 4 is 21.8 Å². The molecule has 0 amide bonds. The van der Waals surface area contributed by atoms with Crippen LogP contribution in [0.5, 0.6) is 5.75 Å². The van der Waals surface area contributed by atoms with E-state index in [2.05, 4.69) is 4.98 Å². The van der Waals surface area contributed by atoms with E-state index in [0.717, 1.165) is 9.95 Å². The third-order valence-electron chi connectivity index (χ3n) is 4.12. The normalized spacial score (nSPS) is 12.0. The van der Waals surface area contributed by atoms with Gasteiger partial charge >= 0.3 is 6.18 Å². The molecule has 1 heterocycles. The molecule has 1 aromatic heterocycles. The van der Waals surface area contributed by atoms with E-state index in [0.29, 0.717) is 22.3 Å². The van der Waals surface area contributed by atoms with E-state index in [9.17, 15) is 13.2 Å². The summed E-state index contributed by atoms with van der Waals surface area (Å²) in [6.07, 6.45) is -4.60. The number of halogens is 3. The molecule has 0 bridgehead atoms. The molecule has 0 spiro atoms. The van der Waals surface area contributed by atoms with Gasteiger partial charge in [0.1, 0.15) is 11.3 Å². The van der Waals surface area contributed by atoms with E-state index < -0.39 is 12.0 Å². The van der Waals surface area contributed by atoms with Gasteiger partial charge in [-0.25, -0.2) is 4.98 Å². The molecule has 0 saturated carbocycles. The molecule has 3 aromatic carbocycles. The topological polar surface area (TPSA) is 27.1 Å². The van der Waals surface area contributed by atoms with Crippen LogP contribution in [0, 0.1) is 0 Å². The Bertz CT molecular complexity index is 1080. The van der Waals surface area contributed by atoms with E-state index in [4.69, 9.17) is 4.74 Å². The standard InChI is InChI=1S/C19H13F3N2O/c1-25-16-11-5-9-14-17(16)24(18(23-14)19(20,21)22)15-10-4-7-12-6-2-3-8-13(12)15/h2-11H,1H3. The van der Waals surface area contributed by atoms with E-state index in [1.165, 1.54) is 7.11 Å². The number of imidazole rings is 1. The average Bonchev–Trinajstić information content (AvgIpc) is 3.01. The quantitative estimate of drug-likeness (QED) is 0.500. The average molecular weight is 342 g/mol. The van der Waals surface area contributed by atoms with Crippen molar-refractivity contribution in [3.05, 3.63) is 66.5 Å². The van der Waals surface area contributed by atoms with Crippen molar-refractivity contribution in [1.29, 1.82) is 0 Å². The molecule has 0 atom stereocenters. The van der Waals surface area contributed by atoms with Crippen molar-refractivity contribution in [1.82, 2.24) is 9.55 Å². The summed E-state index contributed by atoms with van der Waals surface area (Å²) in [5, 5.41) is 1.56. The second-order valence-corrected chi connectivity index (χ2v) is 5.59. The summed E-state index contributed by atoms with van der Waals surface area (Å²) in [7, 11) is 1.43. The zero-order valence-electron chi connectivity index (χ0n) is 13.2. The number of fused-ring (bicyclic) bond motifs is 2. The molecule has 4 rings (SSSR count). The van der Waals surface area contributed by atoms with Gasteiger partial charge in [-0.15, -0.1) is 0 Å². The first-order valence-corrected chi connectivity index (χ1v) is 7.61. The van der Waals surface area contributed by atoms with Crippen molar-refractivity contribution in [2.24, 2.45) is 0 Å². The van der Waals surface area contributed by atoms with Gasteiger partial charge in [-0.2, -0.15) is 13.2 Å². The first kappa shape index (κ1) is 15.5. The summed E-state index contributed by atoms with van der Waals surface area (Å²) >= 11 is 0. The Morgan fingerprint density at radius 3 is 2.40 bits per heavy atom. The number of alkyl halides is 3. The molecule has 3 nitrogen and oxygen atoms in total. The summed E-state index contributed by atoms with van der Waals surface area (Å²) in [6.45, 7) is 0. The highest BCUT2D eigenvalue weighted by Gasteiger charge is 2.39. The molecule has 0 aliphatic heterocycles. The van der Waals surface area contributed by atoms with E-state index in [1.54, 1.807) is 42.5 Å². The monoisotopic (exact) mass is 342 g/mol. The first-order chi connectivity index (χ1) is 12.0. The van der Waals surface area contributed by atoms with Crippen LogP contribution in [0.3, 0.4) is 0 Å². The number of para-hydroxylation sites is 1. The first-order valence-electron chi connectivity index (χ1n) is 7.61. The van der Waals surface area contributed by atoms with Gasteiger partial charge in [0, 0.05) is 5.39 Å². The van der Waals surface area contributed by atoms with Crippen LogP contribution in [-0.2, 0) is 6.18 Å². The fraction of sp³-hybridized carbons (Fsp3) is 0.105.